The number of hydrogen-bond acceptors (Lipinski definition) is 3. The zero-order valence-electron chi connectivity index (χ0n) is 14.7. The molecular formula is C22H19N3O2. The van der Waals surface area contributed by atoms with E-state index >= 15 is 0 Å². The summed E-state index contributed by atoms with van der Waals surface area (Å²) in [6.45, 7) is 0.893. The summed E-state index contributed by atoms with van der Waals surface area (Å²) in [4.78, 5) is 19.7. The van der Waals surface area contributed by atoms with Crippen LogP contribution in [-0.2, 0) is 13.2 Å². The molecule has 0 aliphatic carbocycles. The van der Waals surface area contributed by atoms with Crippen molar-refractivity contribution in [2.24, 2.45) is 0 Å². The Morgan fingerprint density at radius 2 is 1.74 bits per heavy atom. The van der Waals surface area contributed by atoms with E-state index in [2.05, 4.69) is 15.3 Å². The van der Waals surface area contributed by atoms with Crippen LogP contribution in [0.25, 0.3) is 11.0 Å². The van der Waals surface area contributed by atoms with Crippen molar-refractivity contribution in [3.8, 4) is 5.75 Å². The zero-order chi connectivity index (χ0) is 18.5. The molecule has 0 spiro atoms. The Hall–Kier alpha value is -3.60. The van der Waals surface area contributed by atoms with Crippen molar-refractivity contribution in [3.63, 3.8) is 0 Å². The van der Waals surface area contributed by atoms with Gasteiger partial charge in [-0.2, -0.15) is 0 Å². The van der Waals surface area contributed by atoms with Crippen molar-refractivity contribution < 1.29 is 9.53 Å². The Balaban J connectivity index is 1.42. The number of amides is 1. The van der Waals surface area contributed by atoms with Crippen molar-refractivity contribution in [1.82, 2.24) is 15.3 Å². The third-order valence-corrected chi connectivity index (χ3v) is 4.38. The molecule has 0 saturated carbocycles. The Labute approximate surface area is 157 Å². The number of H-pyrrole nitrogens is 1. The molecule has 0 unspecified atom stereocenters. The summed E-state index contributed by atoms with van der Waals surface area (Å²) >= 11 is 0. The topological polar surface area (TPSA) is 67.0 Å². The minimum atomic E-state index is -0.120. The molecule has 0 atom stereocenters. The molecule has 0 bridgehead atoms. The lowest BCUT2D eigenvalue weighted by Crippen LogP contribution is -2.23. The average Bonchev–Trinajstić information content (AvgIpc) is 3.19. The van der Waals surface area contributed by atoms with Crippen LogP contribution in [0.3, 0.4) is 0 Å². The second-order valence-corrected chi connectivity index (χ2v) is 6.19. The highest BCUT2D eigenvalue weighted by atomic mass is 16.5. The van der Waals surface area contributed by atoms with Crippen LogP contribution in [0.4, 0.5) is 0 Å². The molecule has 0 aliphatic heterocycles. The Kier molecular flexibility index (Phi) is 4.83. The molecule has 0 saturated heterocycles. The van der Waals surface area contributed by atoms with Crippen molar-refractivity contribution >= 4 is 16.9 Å². The van der Waals surface area contributed by atoms with E-state index in [1.165, 1.54) is 0 Å². The highest BCUT2D eigenvalue weighted by molar-refractivity contribution is 5.97. The molecule has 5 heteroatoms. The number of fused-ring (bicyclic) bond motifs is 1. The lowest BCUT2D eigenvalue weighted by molar-refractivity contribution is 0.0951. The van der Waals surface area contributed by atoms with Gasteiger partial charge >= 0.3 is 0 Å². The van der Waals surface area contributed by atoms with Gasteiger partial charge in [-0.25, -0.2) is 4.98 Å². The number of nitrogens with zero attached hydrogens (tertiary/aromatic N) is 1. The number of aromatic amines is 1. The largest absolute Gasteiger partial charge is 0.489 e. The van der Waals surface area contributed by atoms with Gasteiger partial charge in [-0.15, -0.1) is 0 Å². The van der Waals surface area contributed by atoms with Gasteiger partial charge in [-0.3, -0.25) is 4.79 Å². The van der Waals surface area contributed by atoms with Gasteiger partial charge < -0.3 is 15.0 Å². The van der Waals surface area contributed by atoms with E-state index < -0.39 is 0 Å². The van der Waals surface area contributed by atoms with Gasteiger partial charge in [0.25, 0.3) is 5.91 Å². The summed E-state index contributed by atoms with van der Waals surface area (Å²) in [5.41, 5.74) is 4.37. The first-order valence-corrected chi connectivity index (χ1v) is 8.75. The van der Waals surface area contributed by atoms with Crippen molar-refractivity contribution in [2.45, 2.75) is 13.2 Å². The fourth-order valence-corrected chi connectivity index (χ4v) is 2.90. The Morgan fingerprint density at radius 1 is 0.963 bits per heavy atom. The number of para-hydroxylation sites is 1. The summed E-state index contributed by atoms with van der Waals surface area (Å²) in [6, 6.07) is 23.1. The molecule has 1 aromatic heterocycles. The van der Waals surface area contributed by atoms with Crippen LogP contribution in [0.5, 0.6) is 5.75 Å². The van der Waals surface area contributed by atoms with Crippen molar-refractivity contribution in [1.29, 1.82) is 0 Å². The molecule has 0 radical (unpaired) electrons. The Morgan fingerprint density at radius 3 is 2.59 bits per heavy atom. The van der Waals surface area contributed by atoms with Crippen molar-refractivity contribution in [2.75, 3.05) is 0 Å². The van der Waals surface area contributed by atoms with Gasteiger partial charge in [-0.1, -0.05) is 42.5 Å². The number of imidazole rings is 1. The third kappa shape index (κ3) is 3.98. The predicted molar refractivity (Wildman–Crippen MR) is 104 cm³/mol. The monoisotopic (exact) mass is 357 g/mol. The quantitative estimate of drug-likeness (QED) is 0.547. The minimum Gasteiger partial charge on any atom is -0.489 e. The summed E-state index contributed by atoms with van der Waals surface area (Å²) in [5, 5.41) is 2.98. The fraction of sp³-hybridized carbons (Fsp3) is 0.0909. The van der Waals surface area contributed by atoms with Gasteiger partial charge in [0.05, 0.1) is 17.4 Å². The molecule has 3 aromatic carbocycles. The van der Waals surface area contributed by atoms with Gasteiger partial charge in [0.15, 0.2) is 0 Å². The minimum absolute atomic E-state index is 0.120. The summed E-state index contributed by atoms with van der Waals surface area (Å²) in [6.07, 6.45) is 1.62. The molecule has 1 heterocycles. The maximum absolute atomic E-state index is 12.5. The highest BCUT2D eigenvalue weighted by Gasteiger charge is 2.09. The SMILES string of the molecule is O=C(NCc1ccccc1COc1ccccc1)c1ccc2nc[nH]c2c1. The standard InChI is InChI=1S/C22H19N3O2/c26-22(16-10-11-20-21(12-16)25-15-24-20)23-13-17-6-4-5-7-18(17)14-27-19-8-2-1-3-9-19/h1-12,15H,13-14H2,(H,23,26)(H,24,25). The molecule has 1 amide bonds. The van der Waals surface area contributed by atoms with Gasteiger partial charge in [0.1, 0.15) is 12.4 Å². The van der Waals surface area contributed by atoms with Crippen LogP contribution in [0.2, 0.25) is 0 Å². The lowest BCUT2D eigenvalue weighted by atomic mass is 10.1. The molecule has 134 valence electrons. The highest BCUT2D eigenvalue weighted by Crippen LogP contribution is 2.15. The predicted octanol–water partition coefficient (Wildman–Crippen LogP) is 4.07. The van der Waals surface area contributed by atoms with Crippen LogP contribution in [-0.4, -0.2) is 15.9 Å². The molecule has 27 heavy (non-hydrogen) atoms. The first-order valence-electron chi connectivity index (χ1n) is 8.75. The first kappa shape index (κ1) is 16.8. The number of benzene rings is 3. The number of hydrogen-bond donors (Lipinski definition) is 2. The molecule has 4 rings (SSSR count). The van der Waals surface area contributed by atoms with Crippen LogP contribution in [0, 0.1) is 0 Å². The molecular weight excluding hydrogens is 338 g/mol. The van der Waals surface area contributed by atoms with E-state index in [1.807, 2.05) is 66.7 Å². The van der Waals surface area contributed by atoms with E-state index in [1.54, 1.807) is 12.4 Å². The molecule has 5 nitrogen and oxygen atoms in total. The lowest BCUT2D eigenvalue weighted by Gasteiger charge is -2.12. The van der Waals surface area contributed by atoms with E-state index in [4.69, 9.17) is 4.74 Å². The maximum Gasteiger partial charge on any atom is 0.251 e. The Bertz CT molecular complexity index is 1060. The molecule has 0 aliphatic rings. The van der Waals surface area contributed by atoms with Crippen LogP contribution in [0.1, 0.15) is 21.5 Å². The average molecular weight is 357 g/mol. The number of aromatic nitrogens is 2. The van der Waals surface area contributed by atoms with E-state index in [0.29, 0.717) is 18.7 Å². The second kappa shape index (κ2) is 7.74. The van der Waals surface area contributed by atoms with E-state index in [9.17, 15) is 4.79 Å². The number of carbonyl (C=O) groups excluding carboxylic acids is 1. The molecule has 4 aromatic rings. The van der Waals surface area contributed by atoms with Gasteiger partial charge in [-0.05, 0) is 41.5 Å². The zero-order valence-corrected chi connectivity index (χ0v) is 14.7. The summed E-state index contributed by atoms with van der Waals surface area (Å²) in [5.74, 6) is 0.703. The van der Waals surface area contributed by atoms with E-state index in [0.717, 1.165) is 27.9 Å². The van der Waals surface area contributed by atoms with Crippen molar-refractivity contribution in [3.05, 3.63) is 95.8 Å². The number of ether oxygens (including phenoxy) is 1. The molecule has 0 fully saturated rings. The van der Waals surface area contributed by atoms with Gasteiger partial charge in [0, 0.05) is 12.1 Å². The number of rotatable bonds is 6. The van der Waals surface area contributed by atoms with Crippen LogP contribution in [0.15, 0.2) is 79.1 Å². The second-order valence-electron chi connectivity index (χ2n) is 6.19. The summed E-state index contributed by atoms with van der Waals surface area (Å²) < 4.78 is 5.84. The molecule has 2 N–H and O–H groups in total. The fourth-order valence-electron chi connectivity index (χ4n) is 2.90. The number of nitrogens with one attached hydrogen (secondary N) is 2. The van der Waals surface area contributed by atoms with Crippen LogP contribution >= 0.6 is 0 Å². The van der Waals surface area contributed by atoms with Gasteiger partial charge in [0.2, 0.25) is 0 Å². The summed E-state index contributed by atoms with van der Waals surface area (Å²) in [7, 11) is 0. The third-order valence-electron chi connectivity index (χ3n) is 4.38. The van der Waals surface area contributed by atoms with Crippen LogP contribution < -0.4 is 10.1 Å². The number of carbonyl (C=O) groups is 1. The smallest absolute Gasteiger partial charge is 0.251 e. The van der Waals surface area contributed by atoms with E-state index in [-0.39, 0.29) is 5.91 Å². The normalized spacial score (nSPS) is 10.7. The first-order chi connectivity index (χ1) is 13.3. The maximum atomic E-state index is 12.5.